The second-order valence-electron chi connectivity index (χ2n) is 6.31. The maximum absolute atomic E-state index is 14.6. The van der Waals surface area contributed by atoms with Crippen molar-refractivity contribution in [3.63, 3.8) is 0 Å². The predicted octanol–water partition coefficient (Wildman–Crippen LogP) is 3.91. The molecule has 0 spiro atoms. The van der Waals surface area contributed by atoms with E-state index in [1.54, 1.807) is 41.2 Å². The molecule has 0 radical (unpaired) electrons. The Morgan fingerprint density at radius 2 is 2.07 bits per heavy atom. The average Bonchev–Trinajstić information content (AvgIpc) is 3.14. The summed E-state index contributed by atoms with van der Waals surface area (Å²) >= 11 is 6.23. The zero-order valence-corrected chi connectivity index (χ0v) is 15.7. The summed E-state index contributed by atoms with van der Waals surface area (Å²) in [6.07, 6.45) is 2.08. The molecule has 28 heavy (non-hydrogen) atoms. The standard InChI is InChI=1S/C20H16ClFN4O2/c1-28-18(27)9-7-16-20-25-23-11-26(20)17-8-6-12(21)10-14(17)19(24-16)13-4-2-3-5-15(13)22/h2-6,8,10-11,16H,7,9H2,1H3. The summed E-state index contributed by atoms with van der Waals surface area (Å²) in [6.45, 7) is 0. The smallest absolute Gasteiger partial charge is 0.305 e. The number of ether oxygens (including phenoxy) is 1. The molecule has 142 valence electrons. The number of rotatable bonds is 4. The van der Waals surface area contributed by atoms with Crippen LogP contribution in [0.1, 0.15) is 35.8 Å². The molecular formula is C20H16ClFN4O2. The molecule has 0 N–H and O–H groups in total. The Labute approximate surface area is 165 Å². The number of halogens is 2. The minimum absolute atomic E-state index is 0.152. The minimum Gasteiger partial charge on any atom is -0.469 e. The highest BCUT2D eigenvalue weighted by molar-refractivity contribution is 6.31. The van der Waals surface area contributed by atoms with E-state index in [0.29, 0.717) is 34.1 Å². The lowest BCUT2D eigenvalue weighted by atomic mass is 10.00. The van der Waals surface area contributed by atoms with Crippen LogP contribution in [0.25, 0.3) is 5.69 Å². The van der Waals surface area contributed by atoms with E-state index in [2.05, 4.69) is 10.2 Å². The number of aromatic nitrogens is 3. The minimum atomic E-state index is -0.498. The van der Waals surface area contributed by atoms with Gasteiger partial charge in [-0.05, 0) is 36.8 Å². The maximum atomic E-state index is 14.6. The van der Waals surface area contributed by atoms with Crippen molar-refractivity contribution in [2.75, 3.05) is 7.11 Å². The number of fused-ring (bicyclic) bond motifs is 3. The van der Waals surface area contributed by atoms with Gasteiger partial charge in [-0.2, -0.15) is 0 Å². The number of nitrogens with zero attached hydrogens (tertiary/aromatic N) is 4. The summed E-state index contributed by atoms with van der Waals surface area (Å²) in [5, 5.41) is 8.71. The Balaban J connectivity index is 1.92. The van der Waals surface area contributed by atoms with Crippen molar-refractivity contribution in [3.8, 4) is 5.69 Å². The third-order valence-electron chi connectivity index (χ3n) is 4.61. The van der Waals surface area contributed by atoms with E-state index >= 15 is 0 Å². The van der Waals surface area contributed by atoms with Gasteiger partial charge in [0.15, 0.2) is 5.82 Å². The van der Waals surface area contributed by atoms with Gasteiger partial charge in [0.1, 0.15) is 18.2 Å². The molecule has 1 aliphatic heterocycles. The van der Waals surface area contributed by atoms with Gasteiger partial charge >= 0.3 is 5.97 Å². The Morgan fingerprint density at radius 1 is 1.25 bits per heavy atom. The van der Waals surface area contributed by atoms with Crippen LogP contribution in [0.15, 0.2) is 53.8 Å². The highest BCUT2D eigenvalue weighted by Gasteiger charge is 2.28. The van der Waals surface area contributed by atoms with Crippen LogP contribution in [0.5, 0.6) is 0 Å². The van der Waals surface area contributed by atoms with E-state index < -0.39 is 11.9 Å². The van der Waals surface area contributed by atoms with Gasteiger partial charge in [0, 0.05) is 22.6 Å². The van der Waals surface area contributed by atoms with Crippen LogP contribution < -0.4 is 0 Å². The van der Waals surface area contributed by atoms with Gasteiger partial charge in [-0.15, -0.1) is 10.2 Å². The van der Waals surface area contributed by atoms with Crippen molar-refractivity contribution in [3.05, 3.63) is 76.6 Å². The molecule has 1 atom stereocenters. The van der Waals surface area contributed by atoms with Crippen molar-refractivity contribution < 1.29 is 13.9 Å². The van der Waals surface area contributed by atoms with E-state index in [1.165, 1.54) is 13.2 Å². The van der Waals surface area contributed by atoms with Crippen molar-refractivity contribution in [1.82, 2.24) is 14.8 Å². The van der Waals surface area contributed by atoms with Crippen LogP contribution in [0.3, 0.4) is 0 Å². The molecule has 4 rings (SSSR count). The summed E-state index contributed by atoms with van der Waals surface area (Å²) < 4.78 is 21.2. The van der Waals surface area contributed by atoms with Crippen LogP contribution in [0.2, 0.25) is 5.02 Å². The second-order valence-corrected chi connectivity index (χ2v) is 6.75. The fourth-order valence-electron chi connectivity index (χ4n) is 3.27. The monoisotopic (exact) mass is 398 g/mol. The van der Waals surface area contributed by atoms with Crippen LogP contribution in [0, 0.1) is 5.82 Å². The topological polar surface area (TPSA) is 69.4 Å². The van der Waals surface area contributed by atoms with E-state index in [9.17, 15) is 9.18 Å². The molecule has 6 nitrogen and oxygen atoms in total. The Hall–Kier alpha value is -3.06. The van der Waals surface area contributed by atoms with E-state index in [4.69, 9.17) is 21.3 Å². The Kier molecular flexibility index (Phi) is 4.92. The summed E-state index contributed by atoms with van der Waals surface area (Å²) in [7, 11) is 1.34. The first-order chi connectivity index (χ1) is 13.6. The largest absolute Gasteiger partial charge is 0.469 e. The lowest BCUT2D eigenvalue weighted by Crippen LogP contribution is -2.10. The van der Waals surface area contributed by atoms with Gasteiger partial charge in [0.2, 0.25) is 0 Å². The summed E-state index contributed by atoms with van der Waals surface area (Å²) in [4.78, 5) is 16.5. The molecule has 1 aromatic heterocycles. The van der Waals surface area contributed by atoms with E-state index in [-0.39, 0.29) is 12.4 Å². The maximum Gasteiger partial charge on any atom is 0.305 e. The molecule has 1 unspecified atom stereocenters. The van der Waals surface area contributed by atoms with Crippen molar-refractivity contribution in [1.29, 1.82) is 0 Å². The van der Waals surface area contributed by atoms with Crippen molar-refractivity contribution in [2.24, 2.45) is 4.99 Å². The van der Waals surface area contributed by atoms with Gasteiger partial charge in [0.25, 0.3) is 0 Å². The highest BCUT2D eigenvalue weighted by Crippen LogP contribution is 2.33. The molecule has 3 aromatic rings. The second kappa shape index (κ2) is 7.52. The first kappa shape index (κ1) is 18.3. The molecule has 0 bridgehead atoms. The van der Waals surface area contributed by atoms with Crippen LogP contribution in [0.4, 0.5) is 4.39 Å². The molecule has 0 fully saturated rings. The number of hydrogen-bond acceptors (Lipinski definition) is 5. The van der Waals surface area contributed by atoms with Gasteiger partial charge in [-0.1, -0.05) is 23.7 Å². The molecule has 2 heterocycles. The third-order valence-corrected chi connectivity index (χ3v) is 4.84. The molecule has 1 aliphatic rings. The molecule has 0 saturated heterocycles. The lowest BCUT2D eigenvalue weighted by Gasteiger charge is -2.12. The summed E-state index contributed by atoms with van der Waals surface area (Å²) in [6, 6.07) is 11.2. The number of methoxy groups -OCH3 is 1. The lowest BCUT2D eigenvalue weighted by molar-refractivity contribution is -0.140. The van der Waals surface area contributed by atoms with Crippen molar-refractivity contribution >= 4 is 23.3 Å². The molecular weight excluding hydrogens is 383 g/mol. The van der Waals surface area contributed by atoms with Crippen molar-refractivity contribution in [2.45, 2.75) is 18.9 Å². The zero-order valence-electron chi connectivity index (χ0n) is 15.0. The SMILES string of the molecule is COC(=O)CCC1N=C(c2ccccc2F)c2cc(Cl)ccc2-n2cnnc21. The number of carbonyl (C=O) groups excluding carboxylic acids is 1. The molecule has 0 amide bonds. The quantitative estimate of drug-likeness (QED) is 0.625. The molecule has 2 aromatic carbocycles. The zero-order chi connectivity index (χ0) is 19.7. The van der Waals surface area contributed by atoms with Crippen LogP contribution in [-0.2, 0) is 9.53 Å². The van der Waals surface area contributed by atoms with E-state index in [1.807, 2.05) is 6.07 Å². The normalized spacial score (nSPS) is 15.2. The van der Waals surface area contributed by atoms with Crippen LogP contribution >= 0.6 is 11.6 Å². The van der Waals surface area contributed by atoms with Gasteiger partial charge in [-0.3, -0.25) is 14.4 Å². The molecule has 8 heteroatoms. The highest BCUT2D eigenvalue weighted by atomic mass is 35.5. The first-order valence-corrected chi connectivity index (χ1v) is 9.06. The fourth-order valence-corrected chi connectivity index (χ4v) is 3.44. The number of carbonyl (C=O) groups is 1. The number of hydrogen-bond donors (Lipinski definition) is 0. The Bertz CT molecular complexity index is 1080. The number of esters is 1. The van der Waals surface area contributed by atoms with Gasteiger partial charge in [0.05, 0.1) is 18.5 Å². The van der Waals surface area contributed by atoms with Gasteiger partial charge < -0.3 is 4.74 Å². The van der Waals surface area contributed by atoms with Crippen LogP contribution in [-0.4, -0.2) is 33.6 Å². The predicted molar refractivity (Wildman–Crippen MR) is 102 cm³/mol. The number of aliphatic imine (C=N–C) groups is 1. The fraction of sp³-hybridized carbons (Fsp3) is 0.200. The van der Waals surface area contributed by atoms with Gasteiger partial charge in [-0.25, -0.2) is 4.39 Å². The summed E-state index contributed by atoms with van der Waals surface area (Å²) in [5.74, 6) is -0.172. The van der Waals surface area contributed by atoms with E-state index in [0.717, 1.165) is 5.69 Å². The average molecular weight is 399 g/mol. The molecule has 0 aliphatic carbocycles. The molecule has 0 saturated carbocycles. The third kappa shape index (κ3) is 3.29. The first-order valence-electron chi connectivity index (χ1n) is 8.68. The number of benzene rings is 2. The Morgan fingerprint density at radius 3 is 2.86 bits per heavy atom. The summed E-state index contributed by atoms with van der Waals surface area (Å²) in [5.41, 5.74) is 2.22.